The van der Waals surface area contributed by atoms with Gasteiger partial charge >= 0.3 is 0 Å². The van der Waals surface area contributed by atoms with Gasteiger partial charge < -0.3 is 10.1 Å². The normalized spacial score (nSPS) is 19.2. The van der Waals surface area contributed by atoms with Crippen LogP contribution < -0.4 is 5.32 Å². The van der Waals surface area contributed by atoms with Gasteiger partial charge in [-0.15, -0.1) is 0 Å². The van der Waals surface area contributed by atoms with Crippen LogP contribution in [0.2, 0.25) is 0 Å². The Bertz CT molecular complexity index is 336. The third kappa shape index (κ3) is 6.21. The van der Waals surface area contributed by atoms with E-state index in [1.165, 1.54) is 7.11 Å². The highest BCUT2D eigenvalue weighted by atomic mass is 32.2. The monoisotopic (exact) mass is 292 g/mol. The average molecular weight is 292 g/mol. The Kier molecular flexibility index (Phi) is 7.28. The van der Waals surface area contributed by atoms with Gasteiger partial charge in [0.1, 0.15) is 0 Å². The zero-order valence-corrected chi connectivity index (χ0v) is 13.2. The standard InChI is InChI=1S/C13H28N2O3S/c1-12(2)10-14-11-13-4-6-15(7-5-13)19(16,17)9-8-18-3/h12-14H,4-11H2,1-3H3. The van der Waals surface area contributed by atoms with E-state index in [0.29, 0.717) is 24.9 Å². The number of piperidine rings is 1. The van der Waals surface area contributed by atoms with E-state index in [-0.39, 0.29) is 12.4 Å². The summed E-state index contributed by atoms with van der Waals surface area (Å²) in [6.45, 7) is 8.00. The molecule has 0 aromatic heterocycles. The third-order valence-electron chi connectivity index (χ3n) is 3.50. The van der Waals surface area contributed by atoms with Crippen molar-refractivity contribution >= 4 is 10.0 Å². The van der Waals surface area contributed by atoms with Crippen molar-refractivity contribution < 1.29 is 13.2 Å². The number of sulfonamides is 1. The minimum absolute atomic E-state index is 0.0970. The first-order valence-corrected chi connectivity index (χ1v) is 8.74. The van der Waals surface area contributed by atoms with E-state index in [1.54, 1.807) is 4.31 Å². The van der Waals surface area contributed by atoms with E-state index in [2.05, 4.69) is 19.2 Å². The molecule has 0 amide bonds. The Morgan fingerprint density at radius 3 is 2.47 bits per heavy atom. The number of methoxy groups -OCH3 is 1. The van der Waals surface area contributed by atoms with E-state index in [9.17, 15) is 8.42 Å². The SMILES string of the molecule is COCCS(=O)(=O)N1CCC(CNCC(C)C)CC1. The molecule has 5 nitrogen and oxygen atoms in total. The molecule has 1 fully saturated rings. The van der Waals surface area contributed by atoms with Crippen LogP contribution in [-0.2, 0) is 14.8 Å². The molecular formula is C13H28N2O3S. The zero-order chi connectivity index (χ0) is 14.3. The maximum Gasteiger partial charge on any atom is 0.216 e. The fourth-order valence-electron chi connectivity index (χ4n) is 2.29. The number of ether oxygens (including phenoxy) is 1. The molecule has 114 valence electrons. The first-order chi connectivity index (χ1) is 8.95. The van der Waals surface area contributed by atoms with E-state index < -0.39 is 10.0 Å². The smallest absolute Gasteiger partial charge is 0.216 e. The molecule has 0 saturated carbocycles. The summed E-state index contributed by atoms with van der Waals surface area (Å²) in [5, 5.41) is 3.45. The molecule has 19 heavy (non-hydrogen) atoms. The van der Waals surface area contributed by atoms with E-state index in [4.69, 9.17) is 4.74 Å². The minimum Gasteiger partial charge on any atom is -0.384 e. The van der Waals surface area contributed by atoms with Crippen molar-refractivity contribution in [3.05, 3.63) is 0 Å². The van der Waals surface area contributed by atoms with Crippen LogP contribution in [0.4, 0.5) is 0 Å². The molecule has 0 unspecified atom stereocenters. The average Bonchev–Trinajstić information content (AvgIpc) is 2.37. The van der Waals surface area contributed by atoms with Crippen LogP contribution in [0.1, 0.15) is 26.7 Å². The zero-order valence-electron chi connectivity index (χ0n) is 12.4. The van der Waals surface area contributed by atoms with E-state index in [1.807, 2.05) is 0 Å². The second-order valence-corrected chi connectivity index (χ2v) is 7.79. The summed E-state index contributed by atoms with van der Waals surface area (Å²) in [5.41, 5.74) is 0. The number of rotatable bonds is 8. The van der Waals surface area contributed by atoms with Crippen LogP contribution in [-0.4, -0.2) is 58.4 Å². The Hall–Kier alpha value is -0.170. The molecule has 1 N–H and O–H groups in total. The summed E-state index contributed by atoms with van der Waals surface area (Å²) < 4.78 is 30.4. The van der Waals surface area contributed by atoms with Crippen molar-refractivity contribution in [1.82, 2.24) is 9.62 Å². The summed E-state index contributed by atoms with van der Waals surface area (Å²) in [4.78, 5) is 0. The first-order valence-electron chi connectivity index (χ1n) is 7.13. The Labute approximate surface area is 117 Å². The lowest BCUT2D eigenvalue weighted by molar-refractivity contribution is 0.213. The van der Waals surface area contributed by atoms with Gasteiger partial charge in [-0.2, -0.15) is 0 Å². The lowest BCUT2D eigenvalue weighted by atomic mass is 9.98. The van der Waals surface area contributed by atoms with Gasteiger partial charge in [0.2, 0.25) is 10.0 Å². The van der Waals surface area contributed by atoms with Crippen LogP contribution in [0.25, 0.3) is 0 Å². The largest absolute Gasteiger partial charge is 0.384 e. The summed E-state index contributed by atoms with van der Waals surface area (Å²) in [7, 11) is -1.59. The van der Waals surface area contributed by atoms with Crippen molar-refractivity contribution in [2.45, 2.75) is 26.7 Å². The Morgan fingerprint density at radius 2 is 1.95 bits per heavy atom. The fraction of sp³-hybridized carbons (Fsp3) is 1.00. The van der Waals surface area contributed by atoms with Crippen molar-refractivity contribution in [2.75, 3.05) is 45.6 Å². The van der Waals surface area contributed by atoms with Gasteiger partial charge in [0, 0.05) is 20.2 Å². The predicted octanol–water partition coefficient (Wildman–Crippen LogP) is 0.920. The molecule has 0 atom stereocenters. The van der Waals surface area contributed by atoms with Crippen LogP contribution in [0.15, 0.2) is 0 Å². The minimum atomic E-state index is -3.11. The molecule has 0 bridgehead atoms. The van der Waals surface area contributed by atoms with Crippen molar-refractivity contribution in [1.29, 1.82) is 0 Å². The fourth-order valence-corrected chi connectivity index (χ4v) is 3.69. The summed E-state index contributed by atoms with van der Waals surface area (Å²) in [6.07, 6.45) is 1.91. The molecule has 1 rings (SSSR count). The molecule has 0 aliphatic carbocycles. The molecule has 1 saturated heterocycles. The van der Waals surface area contributed by atoms with Crippen molar-refractivity contribution in [3.8, 4) is 0 Å². The lowest BCUT2D eigenvalue weighted by Crippen LogP contribution is -2.42. The number of nitrogens with zero attached hydrogens (tertiary/aromatic N) is 1. The quantitative estimate of drug-likeness (QED) is 0.723. The lowest BCUT2D eigenvalue weighted by Gasteiger charge is -2.31. The van der Waals surface area contributed by atoms with Gasteiger partial charge in [-0.05, 0) is 37.8 Å². The maximum absolute atomic E-state index is 12.0. The molecule has 0 aromatic carbocycles. The molecule has 0 radical (unpaired) electrons. The molecule has 1 heterocycles. The summed E-state index contributed by atoms with van der Waals surface area (Å²) in [5.74, 6) is 1.36. The second-order valence-electron chi connectivity index (χ2n) is 5.70. The van der Waals surface area contributed by atoms with Gasteiger partial charge in [0.05, 0.1) is 12.4 Å². The summed E-state index contributed by atoms with van der Waals surface area (Å²) >= 11 is 0. The van der Waals surface area contributed by atoms with E-state index in [0.717, 1.165) is 25.9 Å². The van der Waals surface area contributed by atoms with Gasteiger partial charge in [0.25, 0.3) is 0 Å². The first kappa shape index (κ1) is 16.9. The molecule has 1 aliphatic heterocycles. The Balaban J connectivity index is 2.28. The second kappa shape index (κ2) is 8.19. The van der Waals surface area contributed by atoms with Gasteiger partial charge in [-0.1, -0.05) is 13.8 Å². The third-order valence-corrected chi connectivity index (χ3v) is 5.33. The van der Waals surface area contributed by atoms with Gasteiger partial charge in [0.15, 0.2) is 0 Å². The topological polar surface area (TPSA) is 58.6 Å². The molecule has 0 aromatic rings. The highest BCUT2D eigenvalue weighted by Gasteiger charge is 2.27. The van der Waals surface area contributed by atoms with Gasteiger partial charge in [-0.25, -0.2) is 12.7 Å². The van der Waals surface area contributed by atoms with Gasteiger partial charge in [-0.3, -0.25) is 0 Å². The molecule has 6 heteroatoms. The van der Waals surface area contributed by atoms with Crippen LogP contribution in [0, 0.1) is 11.8 Å². The van der Waals surface area contributed by atoms with Crippen molar-refractivity contribution in [3.63, 3.8) is 0 Å². The maximum atomic E-state index is 12.0. The molecular weight excluding hydrogens is 264 g/mol. The molecule has 1 aliphatic rings. The van der Waals surface area contributed by atoms with E-state index >= 15 is 0 Å². The number of nitrogens with one attached hydrogen (secondary N) is 1. The Morgan fingerprint density at radius 1 is 1.32 bits per heavy atom. The number of hydrogen-bond donors (Lipinski definition) is 1. The van der Waals surface area contributed by atoms with Crippen LogP contribution in [0.3, 0.4) is 0 Å². The van der Waals surface area contributed by atoms with Crippen LogP contribution in [0.5, 0.6) is 0 Å². The summed E-state index contributed by atoms with van der Waals surface area (Å²) in [6, 6.07) is 0. The highest BCUT2D eigenvalue weighted by Crippen LogP contribution is 2.19. The number of hydrogen-bond acceptors (Lipinski definition) is 4. The van der Waals surface area contributed by atoms with Crippen LogP contribution >= 0.6 is 0 Å². The van der Waals surface area contributed by atoms with Crippen molar-refractivity contribution in [2.24, 2.45) is 11.8 Å². The molecule has 0 spiro atoms. The predicted molar refractivity (Wildman–Crippen MR) is 77.7 cm³/mol. The highest BCUT2D eigenvalue weighted by molar-refractivity contribution is 7.89.